The van der Waals surface area contributed by atoms with Gasteiger partial charge in [-0.25, -0.2) is 4.98 Å². The molecule has 0 bridgehead atoms. The van der Waals surface area contributed by atoms with Crippen LogP contribution < -0.4 is 10.6 Å². The molecule has 1 rings (SSSR count). The van der Waals surface area contributed by atoms with Crippen molar-refractivity contribution in [2.24, 2.45) is 11.8 Å². The Balaban J connectivity index is 2.56. The van der Waals surface area contributed by atoms with Gasteiger partial charge in [-0.15, -0.1) is 0 Å². The van der Waals surface area contributed by atoms with Crippen LogP contribution in [-0.2, 0) is 16.1 Å². The van der Waals surface area contributed by atoms with Gasteiger partial charge in [0.25, 0.3) is 0 Å². The number of hydrogen-bond donors (Lipinski definition) is 2. The molecule has 23 heavy (non-hydrogen) atoms. The third-order valence-electron chi connectivity index (χ3n) is 3.27. The number of thioether (sulfide) groups is 2. The lowest BCUT2D eigenvalue weighted by Gasteiger charge is -2.13. The molecule has 1 aromatic heterocycles. The zero-order valence-electron chi connectivity index (χ0n) is 14.1. The summed E-state index contributed by atoms with van der Waals surface area (Å²) in [6.07, 6.45) is 5.60. The summed E-state index contributed by atoms with van der Waals surface area (Å²) in [5, 5.41) is 5.73. The van der Waals surface area contributed by atoms with Crippen LogP contribution in [0.2, 0.25) is 0 Å². The lowest BCUT2D eigenvalue weighted by molar-refractivity contribution is -0.124. The molecule has 0 saturated carbocycles. The van der Waals surface area contributed by atoms with Crippen LogP contribution in [0.3, 0.4) is 0 Å². The van der Waals surface area contributed by atoms with Gasteiger partial charge < -0.3 is 10.6 Å². The highest BCUT2D eigenvalue weighted by Gasteiger charge is 2.14. The fourth-order valence-corrected chi connectivity index (χ4v) is 3.22. The first-order valence-electron chi connectivity index (χ1n) is 7.49. The van der Waals surface area contributed by atoms with Gasteiger partial charge in [-0.3, -0.25) is 9.59 Å². The molecule has 0 aliphatic carbocycles. The molecular formula is C16H25N3O2S2. The first-order valence-corrected chi connectivity index (χ1v) is 10.3. The van der Waals surface area contributed by atoms with Crippen molar-refractivity contribution >= 4 is 41.2 Å². The van der Waals surface area contributed by atoms with Crippen LogP contribution in [0.5, 0.6) is 0 Å². The van der Waals surface area contributed by atoms with Gasteiger partial charge in [0.15, 0.2) is 0 Å². The standard InChI is InChI=1S/C16H25N3O2S2/c1-11(9-22-3)15(20)18-8-13-5-6-17-14(7-13)19-16(21)12(2)10-23-4/h5-7,11-12H,8-10H2,1-4H3,(H,18,20)(H,17,19,21). The van der Waals surface area contributed by atoms with E-state index in [1.54, 1.807) is 35.8 Å². The third kappa shape index (κ3) is 7.26. The second-order valence-electron chi connectivity index (χ2n) is 5.47. The molecule has 1 aromatic rings. The van der Waals surface area contributed by atoms with Crippen LogP contribution in [-0.4, -0.2) is 40.8 Å². The van der Waals surface area contributed by atoms with Crippen LogP contribution in [0.25, 0.3) is 0 Å². The van der Waals surface area contributed by atoms with Gasteiger partial charge in [-0.2, -0.15) is 23.5 Å². The molecule has 128 valence electrons. The van der Waals surface area contributed by atoms with Gasteiger partial charge in [-0.05, 0) is 30.2 Å². The number of carbonyl (C=O) groups excluding carboxylic acids is 2. The molecule has 0 aliphatic rings. The van der Waals surface area contributed by atoms with Gasteiger partial charge in [0.1, 0.15) is 5.82 Å². The summed E-state index contributed by atoms with van der Waals surface area (Å²) in [4.78, 5) is 28.1. The Kier molecular flexibility index (Phi) is 9.09. The number of carbonyl (C=O) groups is 2. The Labute approximate surface area is 146 Å². The van der Waals surface area contributed by atoms with Crippen molar-refractivity contribution in [1.82, 2.24) is 10.3 Å². The van der Waals surface area contributed by atoms with Crippen LogP contribution >= 0.6 is 23.5 Å². The molecule has 7 heteroatoms. The quantitative estimate of drug-likeness (QED) is 0.712. The van der Waals surface area contributed by atoms with Crippen LogP contribution in [0, 0.1) is 11.8 Å². The molecule has 2 N–H and O–H groups in total. The zero-order valence-corrected chi connectivity index (χ0v) is 15.7. The summed E-state index contributed by atoms with van der Waals surface area (Å²) < 4.78 is 0. The minimum absolute atomic E-state index is 0.0154. The predicted octanol–water partition coefficient (Wildman–Crippen LogP) is 2.63. The summed E-state index contributed by atoms with van der Waals surface area (Å²) in [6.45, 7) is 4.24. The van der Waals surface area contributed by atoms with E-state index in [2.05, 4.69) is 15.6 Å². The van der Waals surface area contributed by atoms with E-state index in [0.717, 1.165) is 17.1 Å². The van der Waals surface area contributed by atoms with E-state index in [-0.39, 0.29) is 23.7 Å². The molecule has 0 fully saturated rings. The van der Waals surface area contributed by atoms with Crippen molar-refractivity contribution in [1.29, 1.82) is 0 Å². The fourth-order valence-electron chi connectivity index (χ4n) is 1.92. The molecule has 0 saturated heterocycles. The number of aromatic nitrogens is 1. The SMILES string of the molecule is CSCC(C)C(=O)NCc1ccnc(NC(=O)C(C)CSC)c1. The van der Waals surface area contributed by atoms with E-state index in [1.807, 2.05) is 32.4 Å². The van der Waals surface area contributed by atoms with Crippen molar-refractivity contribution in [3.05, 3.63) is 23.9 Å². The maximum atomic E-state index is 12.0. The monoisotopic (exact) mass is 355 g/mol. The molecule has 0 radical (unpaired) electrons. The second-order valence-corrected chi connectivity index (χ2v) is 7.29. The Morgan fingerprint density at radius 1 is 1.13 bits per heavy atom. The van der Waals surface area contributed by atoms with Crippen LogP contribution in [0.1, 0.15) is 19.4 Å². The van der Waals surface area contributed by atoms with Gasteiger partial charge >= 0.3 is 0 Å². The summed E-state index contributed by atoms with van der Waals surface area (Å²) in [7, 11) is 0. The second kappa shape index (κ2) is 10.5. The molecule has 0 aliphatic heterocycles. The number of rotatable bonds is 9. The lowest BCUT2D eigenvalue weighted by atomic mass is 10.2. The minimum atomic E-state index is -0.0671. The molecule has 0 aromatic carbocycles. The summed E-state index contributed by atoms with van der Waals surface area (Å²) in [5.41, 5.74) is 0.914. The van der Waals surface area contributed by atoms with E-state index in [0.29, 0.717) is 12.4 Å². The van der Waals surface area contributed by atoms with Crippen molar-refractivity contribution in [3.8, 4) is 0 Å². The van der Waals surface area contributed by atoms with Crippen molar-refractivity contribution in [2.45, 2.75) is 20.4 Å². The van der Waals surface area contributed by atoms with Crippen molar-refractivity contribution < 1.29 is 9.59 Å². The molecule has 5 nitrogen and oxygen atoms in total. The Hall–Kier alpha value is -1.21. The molecular weight excluding hydrogens is 330 g/mol. The Bertz CT molecular complexity index is 526. The number of anilines is 1. The van der Waals surface area contributed by atoms with Crippen molar-refractivity contribution in [2.75, 3.05) is 29.3 Å². The van der Waals surface area contributed by atoms with Crippen LogP contribution in [0.15, 0.2) is 18.3 Å². The largest absolute Gasteiger partial charge is 0.352 e. The van der Waals surface area contributed by atoms with Crippen LogP contribution in [0.4, 0.5) is 5.82 Å². The number of pyridine rings is 1. The minimum Gasteiger partial charge on any atom is -0.352 e. The number of nitrogens with zero attached hydrogens (tertiary/aromatic N) is 1. The van der Waals surface area contributed by atoms with Gasteiger partial charge in [0, 0.05) is 36.1 Å². The van der Waals surface area contributed by atoms with E-state index >= 15 is 0 Å². The normalized spacial score (nSPS) is 13.2. The summed E-state index contributed by atoms with van der Waals surface area (Å²) in [6, 6.07) is 3.63. The highest BCUT2D eigenvalue weighted by Crippen LogP contribution is 2.11. The predicted molar refractivity (Wildman–Crippen MR) is 99.8 cm³/mol. The summed E-state index contributed by atoms with van der Waals surface area (Å²) in [5.74, 6) is 2.01. The maximum Gasteiger partial charge on any atom is 0.229 e. The number of amides is 2. The summed E-state index contributed by atoms with van der Waals surface area (Å²) >= 11 is 3.29. The molecule has 2 unspecified atom stereocenters. The zero-order chi connectivity index (χ0) is 17.2. The topological polar surface area (TPSA) is 71.1 Å². The average molecular weight is 356 g/mol. The molecule has 0 spiro atoms. The van der Waals surface area contributed by atoms with Gasteiger partial charge in [-0.1, -0.05) is 13.8 Å². The lowest BCUT2D eigenvalue weighted by Crippen LogP contribution is -2.30. The highest BCUT2D eigenvalue weighted by atomic mass is 32.2. The first-order chi connectivity index (χ1) is 11.0. The van der Waals surface area contributed by atoms with E-state index in [9.17, 15) is 9.59 Å². The maximum absolute atomic E-state index is 12.0. The molecule has 2 atom stereocenters. The smallest absolute Gasteiger partial charge is 0.229 e. The average Bonchev–Trinajstić information content (AvgIpc) is 2.53. The van der Waals surface area contributed by atoms with Gasteiger partial charge in [0.2, 0.25) is 11.8 Å². The molecule has 1 heterocycles. The molecule has 2 amide bonds. The van der Waals surface area contributed by atoms with E-state index < -0.39 is 0 Å². The van der Waals surface area contributed by atoms with Gasteiger partial charge in [0.05, 0.1) is 0 Å². The Morgan fingerprint density at radius 2 is 1.74 bits per heavy atom. The number of nitrogens with one attached hydrogen (secondary N) is 2. The first kappa shape index (κ1) is 19.8. The third-order valence-corrected chi connectivity index (χ3v) is 4.94. The fraction of sp³-hybridized carbons (Fsp3) is 0.562. The Morgan fingerprint density at radius 3 is 2.35 bits per heavy atom. The highest BCUT2D eigenvalue weighted by molar-refractivity contribution is 7.98. The van der Waals surface area contributed by atoms with Crippen molar-refractivity contribution in [3.63, 3.8) is 0 Å². The van der Waals surface area contributed by atoms with E-state index in [4.69, 9.17) is 0 Å². The van der Waals surface area contributed by atoms with E-state index in [1.165, 1.54) is 0 Å². The number of hydrogen-bond acceptors (Lipinski definition) is 5.